The van der Waals surface area contributed by atoms with Gasteiger partial charge in [-0.2, -0.15) is 0 Å². The van der Waals surface area contributed by atoms with Crippen LogP contribution >= 0.6 is 0 Å². The number of hydrogen-bond acceptors (Lipinski definition) is 2. The second kappa shape index (κ2) is 4.96. The summed E-state index contributed by atoms with van der Waals surface area (Å²) in [6.45, 7) is 7.17. The van der Waals surface area contributed by atoms with Gasteiger partial charge in [-0.1, -0.05) is 20.8 Å². The van der Waals surface area contributed by atoms with E-state index in [4.69, 9.17) is 0 Å². The summed E-state index contributed by atoms with van der Waals surface area (Å²) in [6.07, 6.45) is 9.58. The molecule has 0 spiro atoms. The molecule has 0 radical (unpaired) electrons. The van der Waals surface area contributed by atoms with Crippen LogP contribution in [0.4, 0.5) is 0 Å². The van der Waals surface area contributed by atoms with Crippen molar-refractivity contribution in [2.24, 2.45) is 40.4 Å². The van der Waals surface area contributed by atoms with Gasteiger partial charge in [0.05, 0.1) is 12.2 Å². The average Bonchev–Trinajstić information content (AvgIpc) is 2.77. The summed E-state index contributed by atoms with van der Waals surface area (Å²) in [6, 6.07) is 0. The van der Waals surface area contributed by atoms with E-state index in [1.807, 2.05) is 0 Å². The highest BCUT2D eigenvalue weighted by Crippen LogP contribution is 2.66. The van der Waals surface area contributed by atoms with Gasteiger partial charge >= 0.3 is 0 Å². The van der Waals surface area contributed by atoms with E-state index in [9.17, 15) is 10.2 Å². The van der Waals surface area contributed by atoms with Crippen molar-refractivity contribution in [3.8, 4) is 0 Å². The van der Waals surface area contributed by atoms with Gasteiger partial charge in [0.1, 0.15) is 0 Å². The Morgan fingerprint density at radius 3 is 2.36 bits per heavy atom. The number of rotatable bonds is 0. The summed E-state index contributed by atoms with van der Waals surface area (Å²) in [5.41, 5.74) is 0.639. The molecule has 0 bridgehead atoms. The molecule has 2 N–H and O–H groups in total. The number of fused-ring (bicyclic) bond motifs is 5. The lowest BCUT2D eigenvalue weighted by Gasteiger charge is -2.61. The lowest BCUT2D eigenvalue weighted by atomic mass is 9.44. The van der Waals surface area contributed by atoms with Gasteiger partial charge in [-0.25, -0.2) is 0 Å². The molecular formula is C20H34O2. The summed E-state index contributed by atoms with van der Waals surface area (Å²) in [7, 11) is 0. The molecule has 0 heterocycles. The van der Waals surface area contributed by atoms with Gasteiger partial charge in [0.15, 0.2) is 0 Å². The van der Waals surface area contributed by atoms with Crippen LogP contribution in [0.5, 0.6) is 0 Å². The quantitative estimate of drug-likeness (QED) is 0.710. The highest BCUT2D eigenvalue weighted by atomic mass is 16.3. The van der Waals surface area contributed by atoms with Crippen LogP contribution in [0.15, 0.2) is 0 Å². The molecule has 4 saturated carbocycles. The lowest BCUT2D eigenvalue weighted by Crippen LogP contribution is -2.55. The molecule has 0 aromatic carbocycles. The van der Waals surface area contributed by atoms with Crippen molar-refractivity contribution in [1.82, 2.24) is 0 Å². The summed E-state index contributed by atoms with van der Waals surface area (Å²) in [4.78, 5) is 0. The van der Waals surface area contributed by atoms with E-state index in [1.54, 1.807) is 0 Å². The fraction of sp³-hybridized carbons (Fsp3) is 1.00. The zero-order chi connectivity index (χ0) is 15.7. The molecule has 0 aliphatic heterocycles. The Morgan fingerprint density at radius 1 is 0.864 bits per heavy atom. The van der Waals surface area contributed by atoms with Gasteiger partial charge in [0.2, 0.25) is 0 Å². The molecular weight excluding hydrogens is 272 g/mol. The molecule has 0 aromatic heterocycles. The van der Waals surface area contributed by atoms with E-state index in [0.717, 1.165) is 36.5 Å². The minimum Gasteiger partial charge on any atom is -0.393 e. The van der Waals surface area contributed by atoms with Crippen LogP contribution in [0.1, 0.15) is 72.1 Å². The van der Waals surface area contributed by atoms with Crippen LogP contribution in [0, 0.1) is 40.4 Å². The third-order valence-electron chi connectivity index (χ3n) is 8.96. The van der Waals surface area contributed by atoms with Crippen molar-refractivity contribution < 1.29 is 10.2 Å². The monoisotopic (exact) mass is 306 g/mol. The number of aliphatic hydroxyl groups is 2. The predicted molar refractivity (Wildman–Crippen MR) is 88.3 cm³/mol. The zero-order valence-corrected chi connectivity index (χ0v) is 14.6. The minimum absolute atomic E-state index is 0.0592. The van der Waals surface area contributed by atoms with E-state index in [2.05, 4.69) is 20.8 Å². The third-order valence-corrected chi connectivity index (χ3v) is 8.96. The van der Waals surface area contributed by atoms with Gasteiger partial charge in [0, 0.05) is 0 Å². The molecule has 0 amide bonds. The van der Waals surface area contributed by atoms with Crippen LogP contribution in [0.2, 0.25) is 0 Å². The number of hydrogen-bond donors (Lipinski definition) is 2. The highest BCUT2D eigenvalue weighted by Gasteiger charge is 2.60. The van der Waals surface area contributed by atoms with E-state index in [0.29, 0.717) is 11.3 Å². The van der Waals surface area contributed by atoms with E-state index in [-0.39, 0.29) is 17.6 Å². The Hall–Kier alpha value is -0.0800. The maximum Gasteiger partial charge on any atom is 0.0596 e. The first-order valence-electron chi connectivity index (χ1n) is 9.72. The molecule has 4 rings (SSSR count). The predicted octanol–water partition coefficient (Wildman–Crippen LogP) is 4.00. The summed E-state index contributed by atoms with van der Waals surface area (Å²) in [5.74, 6) is 3.61. The normalized spacial score (nSPS) is 61.2. The Bertz CT molecular complexity index is 449. The van der Waals surface area contributed by atoms with Crippen molar-refractivity contribution >= 4 is 0 Å². The summed E-state index contributed by atoms with van der Waals surface area (Å²) < 4.78 is 0. The second-order valence-electron chi connectivity index (χ2n) is 9.78. The Kier molecular flexibility index (Phi) is 3.48. The van der Waals surface area contributed by atoms with Crippen LogP contribution in [0.25, 0.3) is 0 Å². The first kappa shape index (κ1) is 15.4. The van der Waals surface area contributed by atoms with Crippen molar-refractivity contribution in [2.75, 3.05) is 0 Å². The van der Waals surface area contributed by atoms with Crippen molar-refractivity contribution in [2.45, 2.75) is 84.3 Å². The SMILES string of the molecule is CC1CC2(C)C(CCC3C4CCC(O)C4(C)CCC32)CC1O. The van der Waals surface area contributed by atoms with Gasteiger partial charge in [-0.05, 0) is 91.8 Å². The first-order valence-corrected chi connectivity index (χ1v) is 9.72. The second-order valence-corrected chi connectivity index (χ2v) is 9.78. The molecule has 0 saturated heterocycles. The van der Waals surface area contributed by atoms with Crippen LogP contribution in [0.3, 0.4) is 0 Å². The van der Waals surface area contributed by atoms with Crippen molar-refractivity contribution in [1.29, 1.82) is 0 Å². The molecule has 2 nitrogen and oxygen atoms in total. The molecule has 22 heavy (non-hydrogen) atoms. The van der Waals surface area contributed by atoms with Crippen molar-refractivity contribution in [3.05, 3.63) is 0 Å². The van der Waals surface area contributed by atoms with Gasteiger partial charge in [-0.15, -0.1) is 0 Å². The fourth-order valence-corrected chi connectivity index (χ4v) is 7.57. The largest absolute Gasteiger partial charge is 0.393 e. The molecule has 2 heteroatoms. The smallest absolute Gasteiger partial charge is 0.0596 e. The first-order chi connectivity index (χ1) is 10.4. The Labute approximate surface area is 135 Å². The van der Waals surface area contributed by atoms with Gasteiger partial charge in [-0.3, -0.25) is 0 Å². The Morgan fingerprint density at radius 2 is 1.59 bits per heavy atom. The third kappa shape index (κ3) is 1.92. The van der Waals surface area contributed by atoms with Gasteiger partial charge in [0.25, 0.3) is 0 Å². The van der Waals surface area contributed by atoms with Crippen molar-refractivity contribution in [3.63, 3.8) is 0 Å². The number of aliphatic hydroxyl groups excluding tert-OH is 2. The summed E-state index contributed by atoms with van der Waals surface area (Å²) in [5, 5.41) is 20.8. The lowest BCUT2D eigenvalue weighted by molar-refractivity contribution is -0.145. The maximum absolute atomic E-state index is 10.5. The zero-order valence-electron chi connectivity index (χ0n) is 14.6. The highest BCUT2D eigenvalue weighted by molar-refractivity contribution is 5.09. The van der Waals surface area contributed by atoms with Gasteiger partial charge < -0.3 is 10.2 Å². The topological polar surface area (TPSA) is 40.5 Å². The molecule has 9 atom stereocenters. The van der Waals surface area contributed by atoms with Crippen LogP contribution in [-0.4, -0.2) is 22.4 Å². The molecule has 4 fully saturated rings. The van der Waals surface area contributed by atoms with E-state index >= 15 is 0 Å². The summed E-state index contributed by atoms with van der Waals surface area (Å²) >= 11 is 0. The minimum atomic E-state index is -0.0724. The Balaban J connectivity index is 1.63. The average molecular weight is 306 g/mol. The molecule has 126 valence electrons. The standard InChI is InChI=1S/C20H34O2/c1-12-11-20(3)13(10-17(12)21)4-5-14-15-6-7-18(22)19(15,2)9-8-16(14)20/h12-18,21-22H,4-11H2,1-3H3. The van der Waals surface area contributed by atoms with Crippen LogP contribution in [-0.2, 0) is 0 Å². The van der Waals surface area contributed by atoms with E-state index in [1.165, 1.54) is 38.5 Å². The van der Waals surface area contributed by atoms with Crippen LogP contribution < -0.4 is 0 Å². The molecule has 0 aromatic rings. The maximum atomic E-state index is 10.5. The molecule has 9 unspecified atom stereocenters. The molecule has 4 aliphatic carbocycles. The fourth-order valence-electron chi connectivity index (χ4n) is 7.57. The van der Waals surface area contributed by atoms with E-state index < -0.39 is 0 Å². The molecule has 4 aliphatic rings.